The third-order valence-corrected chi connectivity index (χ3v) is 2.05. The minimum atomic E-state index is -1.53. The molecule has 0 aliphatic heterocycles. The molecule has 0 radical (unpaired) electrons. The van der Waals surface area contributed by atoms with Gasteiger partial charge in [-0.3, -0.25) is 0 Å². The minimum absolute atomic E-state index is 0.0973. The molecule has 4 N–H and O–H groups in total. The Labute approximate surface area is 86.5 Å². The van der Waals surface area contributed by atoms with Crippen molar-refractivity contribution in [1.82, 2.24) is 0 Å². The first kappa shape index (κ1) is 11.5. The quantitative estimate of drug-likeness (QED) is 0.516. The van der Waals surface area contributed by atoms with Gasteiger partial charge < -0.3 is 20.4 Å². The largest absolute Gasteiger partial charge is 0.508 e. The van der Waals surface area contributed by atoms with Crippen LogP contribution in [0.2, 0.25) is 0 Å². The van der Waals surface area contributed by atoms with Crippen LogP contribution in [-0.2, 0) is 6.61 Å². The second kappa shape index (κ2) is 4.75. The highest BCUT2D eigenvalue weighted by molar-refractivity contribution is 5.37. The van der Waals surface area contributed by atoms with Crippen molar-refractivity contribution in [1.29, 1.82) is 5.26 Å². The third-order valence-electron chi connectivity index (χ3n) is 2.05. The van der Waals surface area contributed by atoms with E-state index in [1.807, 2.05) is 0 Å². The van der Waals surface area contributed by atoms with Crippen LogP contribution in [-0.4, -0.2) is 26.5 Å². The highest BCUT2D eigenvalue weighted by Gasteiger charge is 2.18. The minimum Gasteiger partial charge on any atom is -0.508 e. The van der Waals surface area contributed by atoms with E-state index < -0.39 is 12.2 Å². The molecule has 2 unspecified atom stereocenters. The molecule has 0 fully saturated rings. The number of aliphatic hydroxyl groups is 3. The zero-order valence-electron chi connectivity index (χ0n) is 7.83. The Morgan fingerprint density at radius 3 is 2.53 bits per heavy atom. The molecular formula is C10H11NO4. The van der Waals surface area contributed by atoms with Gasteiger partial charge in [0.15, 0.2) is 6.10 Å². The summed E-state index contributed by atoms with van der Waals surface area (Å²) in [5.74, 6) is -0.0973. The van der Waals surface area contributed by atoms with Gasteiger partial charge in [-0.25, -0.2) is 0 Å². The van der Waals surface area contributed by atoms with Crippen molar-refractivity contribution in [2.24, 2.45) is 0 Å². The molecule has 0 aromatic heterocycles. The number of hydrogen-bond acceptors (Lipinski definition) is 5. The predicted molar refractivity (Wildman–Crippen MR) is 50.6 cm³/mol. The van der Waals surface area contributed by atoms with E-state index in [0.29, 0.717) is 0 Å². The van der Waals surface area contributed by atoms with Gasteiger partial charge >= 0.3 is 0 Å². The Morgan fingerprint density at radius 2 is 2.00 bits per heavy atom. The maximum atomic E-state index is 9.46. The van der Waals surface area contributed by atoms with Crippen LogP contribution in [0, 0.1) is 11.3 Å². The van der Waals surface area contributed by atoms with Gasteiger partial charge in [0.05, 0.1) is 12.7 Å². The summed E-state index contributed by atoms with van der Waals surface area (Å²) in [5, 5.41) is 45.0. The molecule has 1 rings (SSSR count). The number of rotatable bonds is 3. The van der Waals surface area contributed by atoms with Gasteiger partial charge in [0.25, 0.3) is 0 Å². The van der Waals surface area contributed by atoms with Crippen molar-refractivity contribution in [2.45, 2.75) is 18.8 Å². The molecule has 5 heteroatoms. The Hall–Kier alpha value is -1.61. The zero-order chi connectivity index (χ0) is 11.4. The van der Waals surface area contributed by atoms with E-state index in [2.05, 4.69) is 0 Å². The fraction of sp³-hybridized carbons (Fsp3) is 0.300. The van der Waals surface area contributed by atoms with Crippen molar-refractivity contribution in [2.75, 3.05) is 0 Å². The van der Waals surface area contributed by atoms with E-state index in [4.69, 9.17) is 15.5 Å². The van der Waals surface area contributed by atoms with Gasteiger partial charge in [0.1, 0.15) is 11.9 Å². The predicted octanol–water partition coefficient (Wildman–Crippen LogP) is -0.198. The monoisotopic (exact) mass is 209 g/mol. The van der Waals surface area contributed by atoms with E-state index in [9.17, 15) is 10.2 Å². The number of aromatic hydroxyl groups is 1. The summed E-state index contributed by atoms with van der Waals surface area (Å²) in [6.07, 6.45) is -2.87. The Kier molecular flexibility index (Phi) is 3.63. The Bertz CT molecular complexity index is 385. The van der Waals surface area contributed by atoms with Crippen LogP contribution in [0.4, 0.5) is 0 Å². The summed E-state index contributed by atoms with van der Waals surface area (Å²) in [5.41, 5.74) is 0.502. The van der Waals surface area contributed by atoms with Crippen LogP contribution in [0.3, 0.4) is 0 Å². The first-order chi connectivity index (χ1) is 7.10. The molecule has 15 heavy (non-hydrogen) atoms. The van der Waals surface area contributed by atoms with Crippen molar-refractivity contribution < 1.29 is 20.4 Å². The second-order valence-corrected chi connectivity index (χ2v) is 3.07. The van der Waals surface area contributed by atoms with Crippen molar-refractivity contribution in [3.63, 3.8) is 0 Å². The first-order valence-electron chi connectivity index (χ1n) is 4.28. The van der Waals surface area contributed by atoms with Crippen molar-refractivity contribution in [3.05, 3.63) is 29.3 Å². The normalized spacial score (nSPS) is 14.3. The van der Waals surface area contributed by atoms with Crippen molar-refractivity contribution >= 4 is 0 Å². The topological polar surface area (TPSA) is 105 Å². The maximum absolute atomic E-state index is 9.46. The van der Waals surface area contributed by atoms with Gasteiger partial charge in [0.2, 0.25) is 0 Å². The van der Waals surface area contributed by atoms with Gasteiger partial charge in [-0.2, -0.15) is 5.26 Å². The van der Waals surface area contributed by atoms with Crippen molar-refractivity contribution in [3.8, 4) is 11.8 Å². The lowest BCUT2D eigenvalue weighted by Gasteiger charge is -2.13. The maximum Gasteiger partial charge on any atom is 0.170 e. The van der Waals surface area contributed by atoms with Crippen LogP contribution in [0.5, 0.6) is 5.75 Å². The van der Waals surface area contributed by atoms with E-state index >= 15 is 0 Å². The number of nitrogens with zero attached hydrogens (tertiary/aromatic N) is 1. The molecule has 0 bridgehead atoms. The number of hydrogen-bond donors (Lipinski definition) is 4. The molecule has 0 aliphatic carbocycles. The highest BCUT2D eigenvalue weighted by atomic mass is 16.3. The highest BCUT2D eigenvalue weighted by Crippen LogP contribution is 2.23. The van der Waals surface area contributed by atoms with Crippen LogP contribution in [0.1, 0.15) is 17.2 Å². The summed E-state index contributed by atoms with van der Waals surface area (Å²) in [7, 11) is 0. The van der Waals surface area contributed by atoms with E-state index in [1.54, 1.807) is 0 Å². The molecule has 1 aromatic carbocycles. The zero-order valence-corrected chi connectivity index (χ0v) is 7.83. The van der Waals surface area contributed by atoms with Crippen LogP contribution in [0.25, 0.3) is 0 Å². The third kappa shape index (κ3) is 2.44. The first-order valence-corrected chi connectivity index (χ1v) is 4.28. The molecule has 0 spiro atoms. The molecule has 5 nitrogen and oxygen atoms in total. The molecule has 1 aromatic rings. The molecule has 2 atom stereocenters. The Balaban J connectivity index is 3.01. The molecule has 0 amide bonds. The number of phenols is 1. The number of benzene rings is 1. The fourth-order valence-electron chi connectivity index (χ4n) is 1.17. The fourth-order valence-corrected chi connectivity index (χ4v) is 1.17. The summed E-state index contributed by atoms with van der Waals surface area (Å²) in [6, 6.07) is 5.49. The molecule has 0 saturated heterocycles. The smallest absolute Gasteiger partial charge is 0.170 e. The second-order valence-electron chi connectivity index (χ2n) is 3.07. The average Bonchev–Trinajstić information content (AvgIpc) is 2.27. The molecular weight excluding hydrogens is 198 g/mol. The molecule has 80 valence electrons. The number of aliphatic hydroxyl groups excluding tert-OH is 3. The van der Waals surface area contributed by atoms with E-state index in [0.717, 1.165) is 0 Å². The average molecular weight is 209 g/mol. The molecule has 0 heterocycles. The number of nitriles is 1. The molecule has 0 aliphatic rings. The summed E-state index contributed by atoms with van der Waals surface area (Å²) in [4.78, 5) is 0. The van der Waals surface area contributed by atoms with Gasteiger partial charge in [-0.15, -0.1) is 0 Å². The van der Waals surface area contributed by atoms with Gasteiger partial charge in [-0.05, 0) is 17.7 Å². The lowest BCUT2D eigenvalue weighted by atomic mass is 10.0. The lowest BCUT2D eigenvalue weighted by Crippen LogP contribution is -2.15. The van der Waals surface area contributed by atoms with E-state index in [1.165, 1.54) is 24.3 Å². The Morgan fingerprint density at radius 1 is 1.33 bits per heavy atom. The molecule has 0 saturated carbocycles. The standard InChI is InChI=1S/C10H11NO4/c11-4-9(14)10(15)6-1-2-8(13)7(3-6)5-12/h1-3,9-10,12-15H,5H2. The lowest BCUT2D eigenvalue weighted by molar-refractivity contribution is 0.0526. The summed E-state index contributed by atoms with van der Waals surface area (Å²) in [6.45, 7) is -0.380. The SMILES string of the molecule is N#CC(O)C(O)c1ccc(O)c(CO)c1. The van der Waals surface area contributed by atoms with E-state index in [-0.39, 0.29) is 23.5 Å². The van der Waals surface area contributed by atoms with Crippen LogP contribution >= 0.6 is 0 Å². The van der Waals surface area contributed by atoms with Gasteiger partial charge in [0, 0.05) is 5.56 Å². The van der Waals surface area contributed by atoms with Crippen LogP contribution < -0.4 is 0 Å². The van der Waals surface area contributed by atoms with Gasteiger partial charge in [-0.1, -0.05) is 6.07 Å². The van der Waals surface area contributed by atoms with Crippen LogP contribution in [0.15, 0.2) is 18.2 Å². The summed E-state index contributed by atoms with van der Waals surface area (Å²) >= 11 is 0. The summed E-state index contributed by atoms with van der Waals surface area (Å²) < 4.78 is 0.